The number of nitriles is 1. The van der Waals surface area contributed by atoms with Gasteiger partial charge in [-0.05, 0) is 24.3 Å². The Bertz CT molecular complexity index is 875. The minimum Gasteiger partial charge on any atom is -0.364 e. The van der Waals surface area contributed by atoms with Gasteiger partial charge in [-0.2, -0.15) is 5.26 Å². The lowest BCUT2D eigenvalue weighted by Crippen LogP contribution is -2.13. The Hall–Kier alpha value is -3.20. The highest BCUT2D eigenvalue weighted by molar-refractivity contribution is 5.91. The fourth-order valence-corrected chi connectivity index (χ4v) is 2.25. The molecule has 2 aromatic heterocycles. The van der Waals surface area contributed by atoms with Gasteiger partial charge in [0.15, 0.2) is 0 Å². The van der Waals surface area contributed by atoms with E-state index in [1.54, 1.807) is 12.1 Å². The molecule has 0 fully saturated rings. The predicted molar refractivity (Wildman–Crippen MR) is 76.7 cm³/mol. The summed E-state index contributed by atoms with van der Waals surface area (Å²) >= 11 is 0. The highest BCUT2D eigenvalue weighted by atomic mass is 16.1. The largest absolute Gasteiger partial charge is 0.364 e. The van der Waals surface area contributed by atoms with E-state index >= 15 is 0 Å². The van der Waals surface area contributed by atoms with Crippen molar-refractivity contribution in [2.75, 3.05) is 0 Å². The van der Waals surface area contributed by atoms with Gasteiger partial charge in [0.1, 0.15) is 11.5 Å². The van der Waals surface area contributed by atoms with Gasteiger partial charge in [0, 0.05) is 6.20 Å². The molecule has 0 saturated carbocycles. The second kappa shape index (κ2) is 5.06. The van der Waals surface area contributed by atoms with E-state index in [1.165, 1.54) is 6.20 Å². The van der Waals surface area contributed by atoms with E-state index in [0.29, 0.717) is 11.5 Å². The Balaban J connectivity index is 2.28. The number of imidazole rings is 1. The zero-order chi connectivity index (χ0) is 14.8. The highest BCUT2D eigenvalue weighted by Crippen LogP contribution is 2.21. The lowest BCUT2D eigenvalue weighted by atomic mass is 10.2. The number of nitrogens with zero attached hydrogens (tertiary/aromatic N) is 4. The fourth-order valence-electron chi connectivity index (χ4n) is 2.25. The molecule has 6 nitrogen and oxygen atoms in total. The molecule has 3 aromatic rings. The van der Waals surface area contributed by atoms with Crippen molar-refractivity contribution < 1.29 is 4.79 Å². The minimum atomic E-state index is -0.594. The SMILES string of the molecule is N#CCc1nc2ccccc2n1-c1ccnc(C(N)=O)c1. The third-order valence-corrected chi connectivity index (χ3v) is 3.12. The maximum atomic E-state index is 11.3. The summed E-state index contributed by atoms with van der Waals surface area (Å²) in [7, 11) is 0. The average Bonchev–Trinajstić information content (AvgIpc) is 2.85. The summed E-state index contributed by atoms with van der Waals surface area (Å²) < 4.78 is 1.84. The lowest BCUT2D eigenvalue weighted by molar-refractivity contribution is 0.0995. The summed E-state index contributed by atoms with van der Waals surface area (Å²) in [5.41, 5.74) is 7.80. The summed E-state index contributed by atoms with van der Waals surface area (Å²) in [5, 5.41) is 8.97. The summed E-state index contributed by atoms with van der Waals surface area (Å²) in [5.74, 6) is 0.0171. The van der Waals surface area contributed by atoms with Crippen molar-refractivity contribution in [2.45, 2.75) is 6.42 Å². The number of benzene rings is 1. The van der Waals surface area contributed by atoms with Crippen LogP contribution in [0.15, 0.2) is 42.6 Å². The number of hydrogen-bond donors (Lipinski definition) is 1. The fraction of sp³-hybridized carbons (Fsp3) is 0.0667. The first-order chi connectivity index (χ1) is 10.2. The Morgan fingerprint density at radius 1 is 1.33 bits per heavy atom. The molecule has 21 heavy (non-hydrogen) atoms. The average molecular weight is 277 g/mol. The molecular weight excluding hydrogens is 266 g/mol. The molecule has 6 heteroatoms. The number of rotatable bonds is 3. The quantitative estimate of drug-likeness (QED) is 0.785. The summed E-state index contributed by atoms with van der Waals surface area (Å²) in [6.07, 6.45) is 1.68. The minimum absolute atomic E-state index is 0.170. The number of fused-ring (bicyclic) bond motifs is 1. The van der Waals surface area contributed by atoms with Crippen LogP contribution in [0.5, 0.6) is 0 Å². The summed E-state index contributed by atoms with van der Waals surface area (Å²) in [6, 6.07) is 13.0. The van der Waals surface area contributed by atoms with Crippen LogP contribution in [0.25, 0.3) is 16.7 Å². The normalized spacial score (nSPS) is 10.4. The maximum absolute atomic E-state index is 11.3. The Morgan fingerprint density at radius 3 is 2.90 bits per heavy atom. The van der Waals surface area contributed by atoms with E-state index < -0.39 is 5.91 Å². The maximum Gasteiger partial charge on any atom is 0.267 e. The third-order valence-electron chi connectivity index (χ3n) is 3.12. The van der Waals surface area contributed by atoms with E-state index in [4.69, 9.17) is 11.0 Å². The van der Waals surface area contributed by atoms with Crippen LogP contribution in [0, 0.1) is 11.3 Å². The predicted octanol–water partition coefficient (Wildman–Crippen LogP) is 1.59. The Morgan fingerprint density at radius 2 is 2.14 bits per heavy atom. The van der Waals surface area contributed by atoms with E-state index in [1.807, 2.05) is 28.8 Å². The van der Waals surface area contributed by atoms with Gasteiger partial charge < -0.3 is 5.73 Å². The summed E-state index contributed by atoms with van der Waals surface area (Å²) in [6.45, 7) is 0. The molecule has 102 valence electrons. The van der Waals surface area contributed by atoms with Gasteiger partial charge in [0.05, 0.1) is 29.2 Å². The van der Waals surface area contributed by atoms with Gasteiger partial charge in [-0.15, -0.1) is 0 Å². The van der Waals surface area contributed by atoms with Gasteiger partial charge >= 0.3 is 0 Å². The highest BCUT2D eigenvalue weighted by Gasteiger charge is 2.13. The lowest BCUT2D eigenvalue weighted by Gasteiger charge is -2.08. The molecular formula is C15H11N5O. The number of aromatic nitrogens is 3. The number of nitrogens with two attached hydrogens (primary N) is 1. The van der Waals surface area contributed by atoms with Crippen LogP contribution < -0.4 is 5.73 Å². The van der Waals surface area contributed by atoms with Crippen molar-refractivity contribution in [1.82, 2.24) is 14.5 Å². The Labute approximate surface area is 120 Å². The molecule has 0 aliphatic heterocycles. The number of primary amides is 1. The van der Waals surface area contributed by atoms with E-state index in [9.17, 15) is 4.79 Å². The van der Waals surface area contributed by atoms with Gasteiger partial charge in [0.25, 0.3) is 5.91 Å². The molecule has 0 aliphatic rings. The molecule has 0 radical (unpaired) electrons. The first-order valence-corrected chi connectivity index (χ1v) is 6.30. The van der Waals surface area contributed by atoms with Crippen molar-refractivity contribution in [1.29, 1.82) is 5.26 Å². The van der Waals surface area contributed by atoms with Crippen molar-refractivity contribution in [3.8, 4) is 11.8 Å². The second-order valence-corrected chi connectivity index (χ2v) is 4.45. The van der Waals surface area contributed by atoms with Gasteiger partial charge in [-0.3, -0.25) is 14.3 Å². The van der Waals surface area contributed by atoms with Crippen LogP contribution in [0.1, 0.15) is 16.3 Å². The van der Waals surface area contributed by atoms with Gasteiger partial charge in [-0.25, -0.2) is 4.98 Å². The summed E-state index contributed by atoms with van der Waals surface area (Å²) in [4.78, 5) is 19.7. The molecule has 0 unspecified atom stereocenters. The van der Waals surface area contributed by atoms with Crippen LogP contribution >= 0.6 is 0 Å². The molecule has 1 aromatic carbocycles. The second-order valence-electron chi connectivity index (χ2n) is 4.45. The van der Waals surface area contributed by atoms with Crippen molar-refractivity contribution in [3.05, 3.63) is 54.1 Å². The smallest absolute Gasteiger partial charge is 0.267 e. The number of para-hydroxylation sites is 2. The van der Waals surface area contributed by atoms with Gasteiger partial charge in [0.2, 0.25) is 0 Å². The molecule has 0 spiro atoms. The molecule has 3 rings (SSSR count). The van der Waals surface area contributed by atoms with Crippen molar-refractivity contribution >= 4 is 16.9 Å². The molecule has 2 N–H and O–H groups in total. The molecule has 0 saturated heterocycles. The van der Waals surface area contributed by atoms with Crippen molar-refractivity contribution in [3.63, 3.8) is 0 Å². The molecule has 0 bridgehead atoms. The molecule has 2 heterocycles. The first kappa shape index (κ1) is 12.8. The van der Waals surface area contributed by atoms with Crippen LogP contribution in [0.2, 0.25) is 0 Å². The number of hydrogen-bond acceptors (Lipinski definition) is 4. The molecule has 0 aliphatic carbocycles. The third kappa shape index (κ3) is 2.21. The standard InChI is InChI=1S/C15H11N5O/c16-7-5-14-19-11-3-1-2-4-13(11)20(14)10-6-8-18-12(9-10)15(17)21/h1-4,6,8-9H,5H2,(H2,17,21). The topological polar surface area (TPSA) is 97.6 Å². The van der Waals surface area contributed by atoms with E-state index in [-0.39, 0.29) is 12.1 Å². The zero-order valence-electron chi connectivity index (χ0n) is 11.0. The monoisotopic (exact) mass is 277 g/mol. The van der Waals surface area contributed by atoms with Crippen molar-refractivity contribution in [2.24, 2.45) is 5.73 Å². The molecule has 1 amide bonds. The first-order valence-electron chi connectivity index (χ1n) is 6.30. The van der Waals surface area contributed by atoms with Crippen LogP contribution in [0.3, 0.4) is 0 Å². The van der Waals surface area contributed by atoms with Crippen LogP contribution in [0.4, 0.5) is 0 Å². The van der Waals surface area contributed by atoms with Crippen LogP contribution in [-0.4, -0.2) is 20.4 Å². The number of carbonyl (C=O) groups excluding carboxylic acids is 1. The van der Waals surface area contributed by atoms with Crippen LogP contribution in [-0.2, 0) is 6.42 Å². The van der Waals surface area contributed by atoms with E-state index in [2.05, 4.69) is 16.0 Å². The molecule has 0 atom stereocenters. The van der Waals surface area contributed by atoms with E-state index in [0.717, 1.165) is 11.0 Å². The Kier molecular flexibility index (Phi) is 3.09. The number of pyridine rings is 1. The number of amides is 1. The zero-order valence-corrected chi connectivity index (χ0v) is 11.0. The number of carbonyl (C=O) groups is 1. The van der Waals surface area contributed by atoms with Gasteiger partial charge in [-0.1, -0.05) is 12.1 Å².